The SMILES string of the molecule is NC(=O)CCCP. The van der Waals surface area contributed by atoms with Crippen molar-refractivity contribution in [2.24, 2.45) is 5.73 Å². The lowest BCUT2D eigenvalue weighted by Crippen LogP contribution is -2.09. The first-order chi connectivity index (χ1) is 3.27. The molecule has 0 aromatic carbocycles. The zero-order valence-electron chi connectivity index (χ0n) is 4.18. The minimum Gasteiger partial charge on any atom is -0.370 e. The second-order valence-electron chi connectivity index (χ2n) is 1.36. The summed E-state index contributed by atoms with van der Waals surface area (Å²) in [6.45, 7) is 0. The Balaban J connectivity index is 2.82. The fourth-order valence-electron chi connectivity index (χ4n) is 0.276. The van der Waals surface area contributed by atoms with Gasteiger partial charge in [0, 0.05) is 6.42 Å². The third-order valence-electron chi connectivity index (χ3n) is 0.627. The molecule has 1 atom stereocenters. The number of carbonyl (C=O) groups is 1. The summed E-state index contributed by atoms with van der Waals surface area (Å²) in [4.78, 5) is 9.97. The van der Waals surface area contributed by atoms with Crippen molar-refractivity contribution in [1.29, 1.82) is 0 Å². The highest BCUT2D eigenvalue weighted by Gasteiger charge is 1.88. The van der Waals surface area contributed by atoms with Crippen LogP contribution in [0.3, 0.4) is 0 Å². The van der Waals surface area contributed by atoms with E-state index in [4.69, 9.17) is 5.73 Å². The Hall–Kier alpha value is -0.100. The number of amides is 1. The molecule has 0 aromatic heterocycles. The predicted molar refractivity (Wildman–Crippen MR) is 33.0 cm³/mol. The molecule has 2 nitrogen and oxygen atoms in total. The molecule has 1 amide bonds. The summed E-state index contributed by atoms with van der Waals surface area (Å²) in [5, 5.41) is 0. The molecule has 0 heterocycles. The largest absolute Gasteiger partial charge is 0.370 e. The molecule has 2 N–H and O–H groups in total. The van der Waals surface area contributed by atoms with Gasteiger partial charge in [-0.25, -0.2) is 0 Å². The maximum atomic E-state index is 9.97. The lowest BCUT2D eigenvalue weighted by molar-refractivity contribution is -0.118. The van der Waals surface area contributed by atoms with Crippen LogP contribution in [0.2, 0.25) is 0 Å². The maximum Gasteiger partial charge on any atom is 0.217 e. The molecule has 0 radical (unpaired) electrons. The molecule has 3 heteroatoms. The van der Waals surface area contributed by atoms with Gasteiger partial charge in [0.25, 0.3) is 0 Å². The van der Waals surface area contributed by atoms with Crippen molar-refractivity contribution in [1.82, 2.24) is 0 Å². The van der Waals surface area contributed by atoms with E-state index in [0.29, 0.717) is 6.42 Å². The molecule has 42 valence electrons. The van der Waals surface area contributed by atoms with Crippen LogP contribution < -0.4 is 5.73 Å². The molecule has 0 aliphatic heterocycles. The topological polar surface area (TPSA) is 43.1 Å². The summed E-state index contributed by atoms with van der Waals surface area (Å²) < 4.78 is 0. The van der Waals surface area contributed by atoms with Gasteiger partial charge in [0.15, 0.2) is 0 Å². The number of hydrogen-bond donors (Lipinski definition) is 1. The van der Waals surface area contributed by atoms with Gasteiger partial charge in [0.2, 0.25) is 5.91 Å². The van der Waals surface area contributed by atoms with Crippen LogP contribution >= 0.6 is 9.24 Å². The van der Waals surface area contributed by atoms with Gasteiger partial charge in [0.1, 0.15) is 0 Å². The van der Waals surface area contributed by atoms with E-state index in [1.165, 1.54) is 0 Å². The lowest BCUT2D eigenvalue weighted by Gasteiger charge is -1.86. The van der Waals surface area contributed by atoms with Crippen molar-refractivity contribution in [2.45, 2.75) is 12.8 Å². The van der Waals surface area contributed by atoms with Crippen LogP contribution in [0.15, 0.2) is 0 Å². The number of rotatable bonds is 3. The van der Waals surface area contributed by atoms with E-state index >= 15 is 0 Å². The first-order valence-corrected chi connectivity index (χ1v) is 3.07. The molecule has 0 saturated heterocycles. The van der Waals surface area contributed by atoms with Crippen molar-refractivity contribution < 1.29 is 4.79 Å². The number of hydrogen-bond acceptors (Lipinski definition) is 1. The van der Waals surface area contributed by atoms with Crippen LogP contribution in [0.25, 0.3) is 0 Å². The summed E-state index contributed by atoms with van der Waals surface area (Å²) in [5.41, 5.74) is 4.83. The van der Waals surface area contributed by atoms with Gasteiger partial charge in [-0.3, -0.25) is 4.79 Å². The standard InChI is InChI=1S/C4H10NOP/c5-4(6)2-1-3-7/h1-3,7H2,(H2,5,6). The number of nitrogens with two attached hydrogens (primary N) is 1. The van der Waals surface area contributed by atoms with E-state index in [1.54, 1.807) is 0 Å². The zero-order valence-corrected chi connectivity index (χ0v) is 5.34. The average molecular weight is 119 g/mol. The van der Waals surface area contributed by atoms with Gasteiger partial charge in [-0.1, -0.05) is 0 Å². The Morgan fingerprint density at radius 1 is 1.71 bits per heavy atom. The van der Waals surface area contributed by atoms with Crippen molar-refractivity contribution in [3.63, 3.8) is 0 Å². The number of carbonyl (C=O) groups excluding carboxylic acids is 1. The van der Waals surface area contributed by atoms with Gasteiger partial charge in [-0.05, 0) is 12.6 Å². The van der Waals surface area contributed by atoms with Crippen molar-refractivity contribution in [2.75, 3.05) is 6.16 Å². The highest BCUT2D eigenvalue weighted by molar-refractivity contribution is 7.16. The Bertz CT molecular complexity index is 64.7. The summed E-state index contributed by atoms with van der Waals surface area (Å²) in [7, 11) is 2.54. The van der Waals surface area contributed by atoms with Crippen LogP contribution in [0.1, 0.15) is 12.8 Å². The van der Waals surface area contributed by atoms with Crippen molar-refractivity contribution in [3.05, 3.63) is 0 Å². The maximum absolute atomic E-state index is 9.97. The molecular formula is C4H10NOP. The van der Waals surface area contributed by atoms with Crippen molar-refractivity contribution >= 4 is 15.1 Å². The second-order valence-corrected chi connectivity index (χ2v) is 1.94. The van der Waals surface area contributed by atoms with Crippen LogP contribution in [0, 0.1) is 0 Å². The van der Waals surface area contributed by atoms with Crippen molar-refractivity contribution in [3.8, 4) is 0 Å². The smallest absolute Gasteiger partial charge is 0.217 e. The highest BCUT2D eigenvalue weighted by Crippen LogP contribution is 1.90. The van der Waals surface area contributed by atoms with E-state index in [-0.39, 0.29) is 5.91 Å². The van der Waals surface area contributed by atoms with E-state index < -0.39 is 0 Å². The fraction of sp³-hybridized carbons (Fsp3) is 0.750. The van der Waals surface area contributed by atoms with Gasteiger partial charge in [0.05, 0.1) is 0 Å². The minimum absolute atomic E-state index is 0.206. The molecular weight excluding hydrogens is 109 g/mol. The molecule has 0 aliphatic carbocycles. The Morgan fingerprint density at radius 3 is 2.43 bits per heavy atom. The summed E-state index contributed by atoms with van der Waals surface area (Å²) in [6, 6.07) is 0. The van der Waals surface area contributed by atoms with Crippen LogP contribution in [-0.4, -0.2) is 12.1 Å². The lowest BCUT2D eigenvalue weighted by atomic mass is 10.3. The van der Waals surface area contributed by atoms with E-state index in [2.05, 4.69) is 9.24 Å². The van der Waals surface area contributed by atoms with E-state index in [0.717, 1.165) is 12.6 Å². The molecule has 0 spiro atoms. The Morgan fingerprint density at radius 2 is 2.29 bits per heavy atom. The fourth-order valence-corrected chi connectivity index (χ4v) is 0.480. The predicted octanol–water partition coefficient (Wildman–Crippen LogP) is 0.127. The second kappa shape index (κ2) is 4.07. The molecule has 0 aromatic rings. The summed E-state index contributed by atoms with van der Waals surface area (Å²) >= 11 is 0. The minimum atomic E-state index is -0.206. The first kappa shape index (κ1) is 6.90. The molecule has 7 heavy (non-hydrogen) atoms. The highest BCUT2D eigenvalue weighted by atomic mass is 31.0. The van der Waals surface area contributed by atoms with E-state index in [9.17, 15) is 4.79 Å². The average Bonchev–Trinajstić information content (AvgIpc) is 1.61. The van der Waals surface area contributed by atoms with Gasteiger partial charge in [-0.15, -0.1) is 9.24 Å². The molecule has 0 saturated carbocycles. The van der Waals surface area contributed by atoms with Gasteiger partial charge >= 0.3 is 0 Å². The van der Waals surface area contributed by atoms with Crippen LogP contribution in [0.5, 0.6) is 0 Å². The van der Waals surface area contributed by atoms with Crippen LogP contribution in [-0.2, 0) is 4.79 Å². The third kappa shape index (κ3) is 5.90. The Kier molecular flexibility index (Phi) is 4.01. The molecule has 1 unspecified atom stereocenters. The molecule has 0 aliphatic rings. The van der Waals surface area contributed by atoms with Gasteiger partial charge < -0.3 is 5.73 Å². The monoisotopic (exact) mass is 119 g/mol. The zero-order chi connectivity index (χ0) is 5.70. The normalized spacial score (nSPS) is 8.71. The number of primary amides is 1. The summed E-state index contributed by atoms with van der Waals surface area (Å²) in [6.07, 6.45) is 2.37. The molecule has 0 rings (SSSR count). The molecule has 0 bridgehead atoms. The van der Waals surface area contributed by atoms with Crippen LogP contribution in [0.4, 0.5) is 0 Å². The third-order valence-corrected chi connectivity index (χ3v) is 1.04. The first-order valence-electron chi connectivity index (χ1n) is 2.25. The van der Waals surface area contributed by atoms with E-state index in [1.807, 2.05) is 0 Å². The quantitative estimate of drug-likeness (QED) is 0.527. The molecule has 0 fully saturated rings. The Labute approximate surface area is 45.7 Å². The summed E-state index contributed by atoms with van der Waals surface area (Å²) in [5.74, 6) is -0.206. The van der Waals surface area contributed by atoms with Gasteiger partial charge in [-0.2, -0.15) is 0 Å².